The molecule has 3 unspecified atom stereocenters. The molecular weight excluding hydrogens is 622 g/mol. The van der Waals surface area contributed by atoms with Gasteiger partial charge in [-0.3, -0.25) is 9.69 Å². The maximum absolute atomic E-state index is 11.4. The van der Waals surface area contributed by atoms with Crippen molar-refractivity contribution in [3.8, 4) is 33.6 Å². The van der Waals surface area contributed by atoms with Gasteiger partial charge >= 0.3 is 6.09 Å². The van der Waals surface area contributed by atoms with Crippen molar-refractivity contribution in [1.29, 1.82) is 0 Å². The summed E-state index contributed by atoms with van der Waals surface area (Å²) in [6.07, 6.45) is 10.9. The van der Waals surface area contributed by atoms with E-state index in [2.05, 4.69) is 85.5 Å². The van der Waals surface area contributed by atoms with E-state index >= 15 is 0 Å². The number of nitrogens with one attached hydrogen (secondary N) is 3. The van der Waals surface area contributed by atoms with Gasteiger partial charge in [0.1, 0.15) is 17.9 Å². The number of aromatic nitrogens is 4. The summed E-state index contributed by atoms with van der Waals surface area (Å²) in [5.41, 5.74) is 6.95. The summed E-state index contributed by atoms with van der Waals surface area (Å²) in [7, 11) is 3.39. The van der Waals surface area contributed by atoms with Gasteiger partial charge in [0.2, 0.25) is 6.41 Å². The van der Waals surface area contributed by atoms with Crippen LogP contribution in [0.2, 0.25) is 0 Å². The van der Waals surface area contributed by atoms with Crippen LogP contribution in [0.3, 0.4) is 0 Å². The molecule has 2 aromatic heterocycles. The topological polar surface area (TPSA) is 146 Å². The van der Waals surface area contributed by atoms with Crippen LogP contribution in [0.5, 0.6) is 0 Å². The fourth-order valence-electron chi connectivity index (χ4n) is 6.61. The normalized spacial score (nSPS) is 18.6. The third-order valence-electron chi connectivity index (χ3n) is 9.33. The minimum Gasteiger partial charge on any atom is -0.453 e. The fourth-order valence-corrected chi connectivity index (χ4v) is 6.61. The number of benzene rings is 2. The van der Waals surface area contributed by atoms with Gasteiger partial charge in [0.25, 0.3) is 0 Å². The molecule has 0 radical (unpaired) electrons. The number of imidazole rings is 2. The van der Waals surface area contributed by atoms with Crippen molar-refractivity contribution in [2.75, 3.05) is 33.9 Å². The number of amides is 2. The van der Waals surface area contributed by atoms with Gasteiger partial charge in [-0.05, 0) is 62.4 Å². The van der Waals surface area contributed by atoms with Crippen LogP contribution < -0.4 is 5.32 Å². The molecule has 2 amide bonds. The summed E-state index contributed by atoms with van der Waals surface area (Å²) in [5, 5.41) is 2.48. The number of carbonyl (C=O) groups is 3. The number of hydrogen-bond donors (Lipinski definition) is 3. The lowest BCUT2D eigenvalue weighted by molar-refractivity contribution is -0.119. The second kappa shape index (κ2) is 15.9. The average molecular weight is 666 g/mol. The number of methoxy groups -OCH3 is 1. The summed E-state index contributed by atoms with van der Waals surface area (Å²) < 4.78 is 10.5. The molecule has 3 N–H and O–H groups in total. The van der Waals surface area contributed by atoms with Crippen LogP contribution in [0.25, 0.3) is 33.6 Å². The molecule has 0 bridgehead atoms. The van der Waals surface area contributed by atoms with E-state index in [1.165, 1.54) is 7.11 Å². The number of rotatable bonds is 14. The van der Waals surface area contributed by atoms with Crippen molar-refractivity contribution in [2.24, 2.45) is 0 Å². The van der Waals surface area contributed by atoms with Crippen molar-refractivity contribution >= 4 is 18.8 Å². The minimum atomic E-state index is -0.655. The number of H-pyrrole nitrogens is 2. The van der Waals surface area contributed by atoms with Crippen LogP contribution in [-0.2, 0) is 25.7 Å². The van der Waals surface area contributed by atoms with E-state index < -0.39 is 12.1 Å². The highest BCUT2D eigenvalue weighted by Crippen LogP contribution is 2.34. The van der Waals surface area contributed by atoms with Crippen LogP contribution >= 0.6 is 0 Å². The maximum atomic E-state index is 11.4. The number of nitrogens with zero attached hydrogens (tertiary/aromatic N) is 4. The summed E-state index contributed by atoms with van der Waals surface area (Å²) in [4.78, 5) is 54.8. The lowest BCUT2D eigenvalue weighted by atomic mass is 10.0. The summed E-state index contributed by atoms with van der Waals surface area (Å²) in [5.74, 6) is 1.78. The summed E-state index contributed by atoms with van der Waals surface area (Å²) in [6.45, 7) is 2.49. The highest BCUT2D eigenvalue weighted by atomic mass is 16.5. The number of likely N-dealkylation sites (tertiary alicyclic amines) is 2. The van der Waals surface area contributed by atoms with Crippen molar-refractivity contribution in [3.05, 3.63) is 84.2 Å². The average Bonchev–Trinajstić information content (AvgIpc) is 3.96. The Bertz CT molecular complexity index is 1750. The van der Waals surface area contributed by atoms with E-state index in [0.717, 1.165) is 96.2 Å². The molecule has 2 aliphatic heterocycles. The number of aromatic amines is 2. The standard InChI is InChI=1S/C37H43N7O5/c1-43-18-5-8-32(43)36-41-31(23-49-20-4-3-7-29(22-45)39-37(47)48-2)34(42-36)28-16-12-26(13-17-28)25-10-14-27(15-11-25)30-21-38-35(40-30)33-9-6-19-44(33)24-46/h3-4,10-17,21-22,24,29,32-33H,5-9,18-20,23H2,1-2H3,(H,38,40)(H,39,47)(H,41,42)/b4-3+. The molecule has 2 saturated heterocycles. The maximum Gasteiger partial charge on any atom is 0.407 e. The second-order valence-electron chi connectivity index (χ2n) is 12.5. The number of carbonyl (C=O) groups excluding carboxylic acids is 3. The van der Waals surface area contributed by atoms with E-state index in [-0.39, 0.29) is 12.1 Å². The van der Waals surface area contributed by atoms with Gasteiger partial charge in [-0.25, -0.2) is 14.8 Å². The molecule has 0 spiro atoms. The predicted octanol–water partition coefficient (Wildman–Crippen LogP) is 5.58. The molecule has 2 aromatic carbocycles. The van der Waals surface area contributed by atoms with Crippen molar-refractivity contribution in [3.63, 3.8) is 0 Å². The number of hydrogen-bond acceptors (Lipinski definition) is 8. The first-order chi connectivity index (χ1) is 24.0. The molecule has 3 atom stereocenters. The van der Waals surface area contributed by atoms with Gasteiger partial charge in [0.15, 0.2) is 0 Å². The Morgan fingerprint density at radius 2 is 1.63 bits per heavy atom. The summed E-state index contributed by atoms with van der Waals surface area (Å²) in [6, 6.07) is 16.4. The Labute approximate surface area is 285 Å². The molecule has 12 heteroatoms. The van der Waals surface area contributed by atoms with E-state index in [9.17, 15) is 14.4 Å². The quantitative estimate of drug-likeness (QED) is 0.0900. The SMILES string of the molecule is COC(=O)NC(C=O)C/C=C/COCc1[nH]c(C2CCCN2C)nc1-c1ccc(-c2ccc(-c3cnc(C4CCCN4C=O)[nH]3)cc2)cc1. The molecule has 49 heavy (non-hydrogen) atoms. The summed E-state index contributed by atoms with van der Waals surface area (Å²) >= 11 is 0. The molecule has 12 nitrogen and oxygen atoms in total. The van der Waals surface area contributed by atoms with Gasteiger partial charge in [-0.1, -0.05) is 60.7 Å². The van der Waals surface area contributed by atoms with E-state index in [0.29, 0.717) is 25.9 Å². The Balaban J connectivity index is 1.12. The fraction of sp³-hybridized carbons (Fsp3) is 0.378. The molecule has 2 fully saturated rings. The van der Waals surface area contributed by atoms with Gasteiger partial charge in [-0.2, -0.15) is 0 Å². The minimum absolute atomic E-state index is 0.0168. The Morgan fingerprint density at radius 3 is 2.31 bits per heavy atom. The number of alkyl carbamates (subject to hydrolysis) is 1. The van der Waals surface area contributed by atoms with Crippen molar-refractivity contribution in [2.45, 2.75) is 56.8 Å². The molecule has 4 heterocycles. The van der Waals surface area contributed by atoms with Crippen LogP contribution in [0.15, 0.2) is 66.9 Å². The molecule has 256 valence electrons. The molecule has 4 aromatic rings. The lowest BCUT2D eigenvalue weighted by Crippen LogP contribution is -2.35. The highest BCUT2D eigenvalue weighted by molar-refractivity contribution is 5.73. The zero-order valence-electron chi connectivity index (χ0n) is 27.9. The van der Waals surface area contributed by atoms with Crippen LogP contribution in [0, 0.1) is 0 Å². The number of aldehydes is 1. The highest BCUT2D eigenvalue weighted by Gasteiger charge is 2.28. The first-order valence-corrected chi connectivity index (χ1v) is 16.8. The zero-order valence-corrected chi connectivity index (χ0v) is 27.9. The second-order valence-corrected chi connectivity index (χ2v) is 12.5. The van der Waals surface area contributed by atoms with Crippen LogP contribution in [0.4, 0.5) is 4.79 Å². The molecule has 2 aliphatic rings. The number of ether oxygens (including phenoxy) is 2. The van der Waals surface area contributed by atoms with Crippen LogP contribution in [0.1, 0.15) is 61.5 Å². The van der Waals surface area contributed by atoms with Gasteiger partial charge < -0.3 is 34.5 Å². The smallest absolute Gasteiger partial charge is 0.407 e. The molecule has 0 aliphatic carbocycles. The Kier molecular flexibility index (Phi) is 11.0. The van der Waals surface area contributed by atoms with Gasteiger partial charge in [0.05, 0.1) is 61.7 Å². The lowest BCUT2D eigenvalue weighted by Gasteiger charge is -2.17. The van der Waals surface area contributed by atoms with E-state index in [1.54, 1.807) is 6.08 Å². The van der Waals surface area contributed by atoms with Crippen LogP contribution in [-0.4, -0.2) is 88.4 Å². The monoisotopic (exact) mass is 665 g/mol. The third-order valence-corrected chi connectivity index (χ3v) is 9.33. The van der Waals surface area contributed by atoms with Crippen molar-refractivity contribution < 1.29 is 23.9 Å². The predicted molar refractivity (Wildman–Crippen MR) is 185 cm³/mol. The van der Waals surface area contributed by atoms with Gasteiger partial charge in [0, 0.05) is 12.1 Å². The van der Waals surface area contributed by atoms with Crippen molar-refractivity contribution in [1.82, 2.24) is 35.1 Å². The van der Waals surface area contributed by atoms with E-state index in [1.807, 2.05) is 17.2 Å². The first-order valence-electron chi connectivity index (χ1n) is 16.8. The first kappa shape index (κ1) is 33.8. The zero-order chi connectivity index (χ0) is 34.2. The Hall–Kier alpha value is -5.07. The molecule has 0 saturated carbocycles. The third kappa shape index (κ3) is 7.98. The molecular formula is C37H43N7O5. The van der Waals surface area contributed by atoms with Gasteiger partial charge in [-0.15, -0.1) is 0 Å². The van der Waals surface area contributed by atoms with E-state index in [4.69, 9.17) is 9.72 Å². The molecule has 6 rings (SSSR count). The largest absolute Gasteiger partial charge is 0.453 e. The Morgan fingerprint density at radius 1 is 0.939 bits per heavy atom.